The van der Waals surface area contributed by atoms with E-state index < -0.39 is 0 Å². The standard InChI is InChI=1S/C24H31N5O2/c1-25(2)24(31)29-21(16-20-22(29)18-8-4-5-9-19(18)26(20)3)23(30)28-14-10-17(11-15-28)27-12-6-7-13-27/h4-5,8-9,16-17H,6-7,10-15H2,1-3H3. The summed E-state index contributed by atoms with van der Waals surface area (Å²) >= 11 is 0. The van der Waals surface area contributed by atoms with Gasteiger partial charge >= 0.3 is 6.03 Å². The third-order valence-electron chi connectivity index (χ3n) is 7.06. The molecule has 0 N–H and O–H groups in total. The van der Waals surface area contributed by atoms with E-state index in [1.54, 1.807) is 18.7 Å². The van der Waals surface area contributed by atoms with Gasteiger partial charge in [0, 0.05) is 45.7 Å². The molecule has 0 aliphatic carbocycles. The molecule has 2 aromatic heterocycles. The molecule has 0 radical (unpaired) electrons. The molecule has 2 saturated heterocycles. The predicted molar refractivity (Wildman–Crippen MR) is 123 cm³/mol. The summed E-state index contributed by atoms with van der Waals surface area (Å²) in [6.07, 6.45) is 4.60. The lowest BCUT2D eigenvalue weighted by molar-refractivity contribution is 0.0635. The number of benzene rings is 1. The van der Waals surface area contributed by atoms with Crippen LogP contribution in [0.3, 0.4) is 0 Å². The van der Waals surface area contributed by atoms with Crippen molar-refractivity contribution in [1.29, 1.82) is 0 Å². The molecule has 4 heterocycles. The Morgan fingerprint density at radius 3 is 2.32 bits per heavy atom. The topological polar surface area (TPSA) is 53.7 Å². The number of rotatable bonds is 2. The fourth-order valence-corrected chi connectivity index (χ4v) is 5.37. The van der Waals surface area contributed by atoms with Gasteiger partial charge in [0.05, 0.1) is 16.6 Å². The Balaban J connectivity index is 1.52. The van der Waals surface area contributed by atoms with E-state index in [9.17, 15) is 9.59 Å². The van der Waals surface area contributed by atoms with Crippen molar-refractivity contribution in [2.75, 3.05) is 40.3 Å². The Morgan fingerprint density at radius 2 is 1.65 bits per heavy atom. The van der Waals surface area contributed by atoms with Crippen molar-refractivity contribution in [3.05, 3.63) is 36.0 Å². The average Bonchev–Trinajstić information content (AvgIpc) is 3.50. The number of hydrogen-bond acceptors (Lipinski definition) is 3. The summed E-state index contributed by atoms with van der Waals surface area (Å²) < 4.78 is 3.69. The van der Waals surface area contributed by atoms with Gasteiger partial charge in [0.2, 0.25) is 0 Å². The van der Waals surface area contributed by atoms with E-state index in [0.29, 0.717) is 11.7 Å². The largest absolute Gasteiger partial charge is 0.342 e. The first-order chi connectivity index (χ1) is 15.0. The lowest BCUT2D eigenvalue weighted by Gasteiger charge is -2.36. The SMILES string of the molecule is CN(C)C(=O)n1c(C(=O)N2CCC(N3CCCC3)CC2)cc2c1c1ccccc1n2C. The molecule has 0 bridgehead atoms. The highest BCUT2D eigenvalue weighted by molar-refractivity contribution is 6.14. The molecule has 7 nitrogen and oxygen atoms in total. The molecule has 2 aliphatic rings. The highest BCUT2D eigenvalue weighted by atomic mass is 16.2. The van der Waals surface area contributed by atoms with Gasteiger partial charge in [-0.15, -0.1) is 0 Å². The summed E-state index contributed by atoms with van der Waals surface area (Å²) in [7, 11) is 5.45. The van der Waals surface area contributed by atoms with Crippen LogP contribution in [0.2, 0.25) is 0 Å². The minimum Gasteiger partial charge on any atom is -0.342 e. The minimum absolute atomic E-state index is 0.0460. The van der Waals surface area contributed by atoms with E-state index in [2.05, 4.69) is 9.47 Å². The maximum atomic E-state index is 13.6. The van der Waals surface area contributed by atoms with Crippen molar-refractivity contribution in [1.82, 2.24) is 23.8 Å². The van der Waals surface area contributed by atoms with Crippen LogP contribution in [0.25, 0.3) is 21.9 Å². The van der Waals surface area contributed by atoms with Gasteiger partial charge in [-0.05, 0) is 50.9 Å². The van der Waals surface area contributed by atoms with Crippen LogP contribution in [0, 0.1) is 0 Å². The molecule has 164 valence electrons. The van der Waals surface area contributed by atoms with E-state index in [4.69, 9.17) is 0 Å². The Bertz CT molecular complexity index is 1140. The predicted octanol–water partition coefficient (Wildman–Crippen LogP) is 3.36. The molecular formula is C24H31N5O2. The molecule has 31 heavy (non-hydrogen) atoms. The number of fused-ring (bicyclic) bond motifs is 3. The third-order valence-corrected chi connectivity index (χ3v) is 7.06. The molecule has 5 rings (SSSR count). The summed E-state index contributed by atoms with van der Waals surface area (Å²) in [6.45, 7) is 3.88. The second-order valence-corrected chi connectivity index (χ2v) is 9.12. The molecular weight excluding hydrogens is 390 g/mol. The van der Waals surface area contributed by atoms with Gasteiger partial charge < -0.3 is 19.3 Å². The number of aromatic nitrogens is 2. The van der Waals surface area contributed by atoms with Crippen molar-refractivity contribution in [2.24, 2.45) is 7.05 Å². The number of para-hydroxylation sites is 1. The molecule has 2 aliphatic heterocycles. The van der Waals surface area contributed by atoms with Crippen molar-refractivity contribution < 1.29 is 9.59 Å². The van der Waals surface area contributed by atoms with Gasteiger partial charge in [-0.1, -0.05) is 18.2 Å². The molecule has 2 fully saturated rings. The second kappa shape index (κ2) is 7.71. The fourth-order valence-electron chi connectivity index (χ4n) is 5.37. The number of aryl methyl sites for hydroxylation is 1. The summed E-state index contributed by atoms with van der Waals surface area (Å²) in [5.74, 6) is -0.0460. The maximum absolute atomic E-state index is 13.6. The van der Waals surface area contributed by atoms with Crippen LogP contribution in [-0.4, -0.2) is 82.1 Å². The Kier molecular flexibility index (Phi) is 5.01. The van der Waals surface area contributed by atoms with E-state index >= 15 is 0 Å². The highest BCUT2D eigenvalue weighted by Crippen LogP contribution is 2.32. The second-order valence-electron chi connectivity index (χ2n) is 9.12. The number of likely N-dealkylation sites (tertiary alicyclic amines) is 2. The van der Waals surface area contributed by atoms with Crippen LogP contribution in [-0.2, 0) is 7.05 Å². The van der Waals surface area contributed by atoms with Gasteiger partial charge in [-0.25, -0.2) is 4.79 Å². The van der Waals surface area contributed by atoms with Crippen LogP contribution >= 0.6 is 0 Å². The Morgan fingerprint density at radius 1 is 0.968 bits per heavy atom. The van der Waals surface area contributed by atoms with Crippen molar-refractivity contribution in [2.45, 2.75) is 31.7 Å². The van der Waals surface area contributed by atoms with Crippen LogP contribution < -0.4 is 0 Å². The first kappa shape index (κ1) is 20.1. The maximum Gasteiger partial charge on any atom is 0.328 e. The monoisotopic (exact) mass is 421 g/mol. The smallest absolute Gasteiger partial charge is 0.328 e. The van der Waals surface area contributed by atoms with Crippen molar-refractivity contribution in [3.8, 4) is 0 Å². The Hall–Kier alpha value is -2.80. The van der Waals surface area contributed by atoms with Crippen LogP contribution in [0.5, 0.6) is 0 Å². The quantitative estimate of drug-likeness (QED) is 0.638. The number of piperidine rings is 1. The Labute approximate surface area is 182 Å². The molecule has 1 aromatic carbocycles. The number of carbonyl (C=O) groups excluding carboxylic acids is 2. The van der Waals surface area contributed by atoms with Gasteiger partial charge in [-0.2, -0.15) is 0 Å². The number of nitrogens with zero attached hydrogens (tertiary/aromatic N) is 5. The third kappa shape index (κ3) is 3.22. The molecule has 0 saturated carbocycles. The van der Waals surface area contributed by atoms with Gasteiger partial charge in [-0.3, -0.25) is 9.36 Å². The zero-order valence-electron chi connectivity index (χ0n) is 18.7. The average molecular weight is 422 g/mol. The summed E-state index contributed by atoms with van der Waals surface area (Å²) in [5.41, 5.74) is 3.24. The number of hydrogen-bond donors (Lipinski definition) is 0. The minimum atomic E-state index is -0.193. The van der Waals surface area contributed by atoms with E-state index in [0.717, 1.165) is 47.9 Å². The lowest BCUT2D eigenvalue weighted by atomic mass is 10.0. The summed E-state index contributed by atoms with van der Waals surface area (Å²) in [6, 6.07) is 10.3. The van der Waals surface area contributed by atoms with Gasteiger partial charge in [0.15, 0.2) is 0 Å². The summed E-state index contributed by atoms with van der Waals surface area (Å²) in [4.78, 5) is 32.9. The van der Waals surface area contributed by atoms with Gasteiger partial charge in [0.25, 0.3) is 5.91 Å². The summed E-state index contributed by atoms with van der Waals surface area (Å²) in [5, 5.41) is 0.988. The fraction of sp³-hybridized carbons (Fsp3) is 0.500. The van der Waals surface area contributed by atoms with E-state index in [1.165, 1.54) is 30.8 Å². The molecule has 3 aromatic rings. The number of carbonyl (C=O) groups is 2. The normalized spacial score (nSPS) is 18.4. The molecule has 7 heteroatoms. The van der Waals surface area contributed by atoms with E-state index in [-0.39, 0.29) is 11.9 Å². The first-order valence-corrected chi connectivity index (χ1v) is 11.3. The van der Waals surface area contributed by atoms with Crippen LogP contribution in [0.15, 0.2) is 30.3 Å². The zero-order valence-corrected chi connectivity index (χ0v) is 18.7. The van der Waals surface area contributed by atoms with Crippen molar-refractivity contribution >= 4 is 33.9 Å². The molecule has 0 spiro atoms. The molecule has 0 unspecified atom stereocenters. The van der Waals surface area contributed by atoms with Crippen LogP contribution in [0.4, 0.5) is 4.79 Å². The van der Waals surface area contributed by atoms with E-state index in [1.807, 2.05) is 42.3 Å². The van der Waals surface area contributed by atoms with Gasteiger partial charge in [0.1, 0.15) is 5.69 Å². The first-order valence-electron chi connectivity index (χ1n) is 11.3. The molecule has 2 amide bonds. The lowest BCUT2D eigenvalue weighted by Crippen LogP contribution is -2.46. The number of amides is 2. The highest BCUT2D eigenvalue weighted by Gasteiger charge is 2.32. The zero-order chi connectivity index (χ0) is 21.7. The molecule has 0 atom stereocenters. The van der Waals surface area contributed by atoms with Crippen molar-refractivity contribution in [3.63, 3.8) is 0 Å². The van der Waals surface area contributed by atoms with Crippen LogP contribution in [0.1, 0.15) is 36.2 Å².